The minimum atomic E-state index is -3.25. The van der Waals surface area contributed by atoms with Crippen molar-refractivity contribution in [2.45, 2.75) is 45.3 Å². The van der Waals surface area contributed by atoms with Gasteiger partial charge in [-0.15, -0.1) is 0 Å². The van der Waals surface area contributed by atoms with Crippen LogP contribution in [0.1, 0.15) is 32.3 Å². The number of aromatic nitrogens is 1. The molecule has 0 aromatic carbocycles. The van der Waals surface area contributed by atoms with Crippen molar-refractivity contribution in [3.05, 3.63) is 28.5 Å². The lowest BCUT2D eigenvalue weighted by Gasteiger charge is -2.31. The van der Waals surface area contributed by atoms with Gasteiger partial charge in [0.2, 0.25) is 10.0 Å². The Morgan fingerprint density at radius 2 is 2.00 bits per heavy atom. The number of sulfonamides is 1. The second kappa shape index (κ2) is 7.86. The molecule has 0 spiro atoms. The van der Waals surface area contributed by atoms with Crippen molar-refractivity contribution < 1.29 is 13.2 Å². The zero-order valence-electron chi connectivity index (χ0n) is 13.0. The molecule has 0 aliphatic carbocycles. The van der Waals surface area contributed by atoms with Crippen LogP contribution in [0.4, 0.5) is 0 Å². The zero-order valence-corrected chi connectivity index (χ0v) is 15.4. The van der Waals surface area contributed by atoms with Gasteiger partial charge in [0.25, 0.3) is 0 Å². The largest absolute Gasteiger partial charge is 0.376 e. The van der Waals surface area contributed by atoms with Crippen molar-refractivity contribution in [1.29, 1.82) is 0 Å². The van der Waals surface area contributed by atoms with Gasteiger partial charge < -0.3 is 4.74 Å². The molecule has 1 aliphatic heterocycles. The van der Waals surface area contributed by atoms with E-state index in [1.54, 1.807) is 12.4 Å². The number of nitrogens with one attached hydrogen (secondary N) is 1. The van der Waals surface area contributed by atoms with Crippen LogP contribution in [0.5, 0.6) is 0 Å². The van der Waals surface area contributed by atoms with Crippen LogP contribution >= 0.6 is 15.9 Å². The number of pyridine rings is 1. The molecule has 5 nitrogen and oxygen atoms in total. The lowest BCUT2D eigenvalue weighted by Crippen LogP contribution is -2.37. The first kappa shape index (κ1) is 17.8. The molecule has 1 saturated heterocycles. The smallest absolute Gasteiger partial charge is 0.211 e. The van der Waals surface area contributed by atoms with E-state index >= 15 is 0 Å². The van der Waals surface area contributed by atoms with Crippen molar-refractivity contribution >= 4 is 26.0 Å². The fourth-order valence-electron chi connectivity index (χ4n) is 2.99. The topological polar surface area (TPSA) is 68.3 Å². The molecule has 3 atom stereocenters. The van der Waals surface area contributed by atoms with Crippen LogP contribution in [0.15, 0.2) is 22.9 Å². The summed E-state index contributed by atoms with van der Waals surface area (Å²) in [5.41, 5.74) is 1.00. The second-order valence-corrected chi connectivity index (χ2v) is 8.80. The molecule has 1 aromatic rings. The number of hydrogen-bond acceptors (Lipinski definition) is 4. The first-order valence-electron chi connectivity index (χ1n) is 7.56. The molecule has 124 valence electrons. The van der Waals surface area contributed by atoms with Crippen molar-refractivity contribution in [2.24, 2.45) is 5.92 Å². The maximum absolute atomic E-state index is 12.2. The van der Waals surface area contributed by atoms with E-state index in [0.29, 0.717) is 13.0 Å². The molecule has 7 heteroatoms. The molecule has 22 heavy (non-hydrogen) atoms. The number of rotatable bonds is 6. The predicted octanol–water partition coefficient (Wildman–Crippen LogP) is 2.51. The Hall–Kier alpha value is -0.500. The van der Waals surface area contributed by atoms with E-state index in [0.717, 1.165) is 22.9 Å². The fourth-order valence-corrected chi connectivity index (χ4v) is 4.83. The summed E-state index contributed by atoms with van der Waals surface area (Å²) in [4.78, 5) is 4.07. The maximum atomic E-state index is 12.2. The van der Waals surface area contributed by atoms with E-state index in [4.69, 9.17) is 4.74 Å². The number of hydrogen-bond donors (Lipinski definition) is 1. The molecule has 0 radical (unpaired) electrons. The quantitative estimate of drug-likeness (QED) is 0.809. The SMILES string of the molecule is C[C@@H]1CC(CS(=O)(=O)NCCc2cncc(Br)c2)C[C@H](C)O1. The first-order chi connectivity index (χ1) is 10.3. The van der Waals surface area contributed by atoms with Crippen LogP contribution < -0.4 is 4.72 Å². The van der Waals surface area contributed by atoms with E-state index < -0.39 is 10.0 Å². The summed E-state index contributed by atoms with van der Waals surface area (Å²) in [7, 11) is -3.25. The Morgan fingerprint density at radius 3 is 2.64 bits per heavy atom. The molecular weight excluding hydrogens is 368 g/mol. The normalized spacial score (nSPS) is 26.0. The Kier molecular flexibility index (Phi) is 6.37. The summed E-state index contributed by atoms with van der Waals surface area (Å²) < 4.78 is 33.6. The zero-order chi connectivity index (χ0) is 16.2. The van der Waals surface area contributed by atoms with Gasteiger partial charge in [0.15, 0.2) is 0 Å². The van der Waals surface area contributed by atoms with Gasteiger partial charge in [0, 0.05) is 23.4 Å². The molecule has 1 N–H and O–H groups in total. The van der Waals surface area contributed by atoms with Gasteiger partial charge in [-0.3, -0.25) is 4.98 Å². The summed E-state index contributed by atoms with van der Waals surface area (Å²) in [5, 5.41) is 0. The van der Waals surface area contributed by atoms with Crippen LogP contribution in [0.2, 0.25) is 0 Å². The molecule has 2 heterocycles. The first-order valence-corrected chi connectivity index (χ1v) is 10.0. The number of nitrogens with zero attached hydrogens (tertiary/aromatic N) is 1. The lowest BCUT2D eigenvalue weighted by atomic mass is 9.94. The Bertz CT molecular complexity index is 584. The average molecular weight is 391 g/mol. The predicted molar refractivity (Wildman–Crippen MR) is 90.2 cm³/mol. The van der Waals surface area contributed by atoms with E-state index in [2.05, 4.69) is 25.6 Å². The Balaban J connectivity index is 1.81. The van der Waals surface area contributed by atoms with Gasteiger partial charge in [0.05, 0.1) is 18.0 Å². The third kappa shape index (κ3) is 5.95. The number of ether oxygens (including phenoxy) is 1. The standard InChI is InChI=1S/C15H23BrN2O3S/c1-11-5-14(6-12(2)21-11)10-22(19,20)18-4-3-13-7-15(16)9-17-8-13/h7-9,11-12,14,18H,3-6,10H2,1-2H3/t11-,12+,14?. The highest BCUT2D eigenvalue weighted by Crippen LogP contribution is 2.25. The molecule has 1 fully saturated rings. The Morgan fingerprint density at radius 1 is 1.32 bits per heavy atom. The van der Waals surface area contributed by atoms with Crippen LogP contribution in [0.3, 0.4) is 0 Å². The average Bonchev–Trinajstić information content (AvgIpc) is 2.36. The molecule has 1 aromatic heterocycles. The van der Waals surface area contributed by atoms with E-state index in [-0.39, 0.29) is 23.9 Å². The van der Waals surface area contributed by atoms with Crippen LogP contribution in [-0.4, -0.2) is 37.9 Å². The maximum Gasteiger partial charge on any atom is 0.211 e. The summed E-state index contributed by atoms with van der Waals surface area (Å²) in [6, 6.07) is 1.95. The van der Waals surface area contributed by atoms with Gasteiger partial charge in [0.1, 0.15) is 0 Å². The second-order valence-electron chi connectivity index (χ2n) is 6.03. The van der Waals surface area contributed by atoms with Gasteiger partial charge in [-0.1, -0.05) is 0 Å². The van der Waals surface area contributed by atoms with Crippen LogP contribution in [0.25, 0.3) is 0 Å². The van der Waals surface area contributed by atoms with Gasteiger partial charge >= 0.3 is 0 Å². The highest BCUT2D eigenvalue weighted by Gasteiger charge is 2.28. The molecule has 1 unspecified atom stereocenters. The molecular formula is C15H23BrN2O3S. The summed E-state index contributed by atoms with van der Waals surface area (Å²) >= 11 is 3.36. The minimum Gasteiger partial charge on any atom is -0.376 e. The van der Waals surface area contributed by atoms with E-state index in [1.165, 1.54) is 0 Å². The van der Waals surface area contributed by atoms with Crippen molar-refractivity contribution in [3.63, 3.8) is 0 Å². The monoisotopic (exact) mass is 390 g/mol. The molecule has 0 bridgehead atoms. The summed E-state index contributed by atoms with van der Waals surface area (Å²) in [6.45, 7) is 4.40. The molecule has 2 rings (SSSR count). The highest BCUT2D eigenvalue weighted by molar-refractivity contribution is 9.10. The highest BCUT2D eigenvalue weighted by atomic mass is 79.9. The third-order valence-corrected chi connectivity index (χ3v) is 5.74. The number of halogens is 1. The molecule has 1 aliphatic rings. The van der Waals surface area contributed by atoms with Crippen LogP contribution in [0, 0.1) is 5.92 Å². The van der Waals surface area contributed by atoms with Crippen LogP contribution in [-0.2, 0) is 21.2 Å². The van der Waals surface area contributed by atoms with E-state index in [9.17, 15) is 8.42 Å². The fraction of sp³-hybridized carbons (Fsp3) is 0.667. The molecule has 0 amide bonds. The Labute approximate surface area is 141 Å². The third-order valence-electron chi connectivity index (χ3n) is 3.75. The minimum absolute atomic E-state index is 0.136. The summed E-state index contributed by atoms with van der Waals surface area (Å²) in [6.07, 6.45) is 5.98. The van der Waals surface area contributed by atoms with Gasteiger partial charge in [-0.05, 0) is 66.6 Å². The lowest BCUT2D eigenvalue weighted by molar-refractivity contribution is -0.0479. The van der Waals surface area contributed by atoms with Crippen molar-refractivity contribution in [3.8, 4) is 0 Å². The van der Waals surface area contributed by atoms with E-state index in [1.807, 2.05) is 19.9 Å². The van der Waals surface area contributed by atoms with Gasteiger partial charge in [-0.25, -0.2) is 13.1 Å². The summed E-state index contributed by atoms with van der Waals surface area (Å²) in [5.74, 6) is 0.352. The van der Waals surface area contributed by atoms with Crippen molar-refractivity contribution in [1.82, 2.24) is 9.71 Å². The van der Waals surface area contributed by atoms with Crippen molar-refractivity contribution in [2.75, 3.05) is 12.3 Å². The molecule has 0 saturated carbocycles. The van der Waals surface area contributed by atoms with Gasteiger partial charge in [-0.2, -0.15) is 0 Å².